The number of nitrogens with zero attached hydrogens (tertiary/aromatic N) is 1. The zero-order valence-electron chi connectivity index (χ0n) is 20.1. The smallest absolute Gasteiger partial charge is 0.420 e. The first kappa shape index (κ1) is 26.9. The van der Waals surface area contributed by atoms with Crippen LogP contribution in [-0.4, -0.2) is 59.4 Å². The number of hydrogen-bond donors (Lipinski definition) is 1. The molecule has 0 bridgehead atoms. The molecule has 0 saturated heterocycles. The molecule has 0 spiro atoms. The average molecular weight is 451 g/mol. The molecular weight excluding hydrogens is 416 g/mol. The van der Waals surface area contributed by atoms with Crippen LogP contribution >= 0.6 is 0 Å². The maximum absolute atomic E-state index is 13.2. The summed E-state index contributed by atoms with van der Waals surface area (Å²) < 4.78 is 15.4. The second-order valence-electron chi connectivity index (χ2n) is 9.29. The van der Waals surface area contributed by atoms with Gasteiger partial charge in [0.2, 0.25) is 5.91 Å². The number of amides is 3. The predicted molar refractivity (Wildman–Crippen MR) is 118 cm³/mol. The maximum Gasteiger partial charge on any atom is 0.420 e. The molecule has 0 aliphatic rings. The van der Waals surface area contributed by atoms with Crippen molar-refractivity contribution in [1.29, 1.82) is 0 Å². The van der Waals surface area contributed by atoms with Gasteiger partial charge < -0.3 is 19.5 Å². The van der Waals surface area contributed by atoms with E-state index in [-0.39, 0.29) is 6.42 Å². The summed E-state index contributed by atoms with van der Waals surface area (Å²) in [6, 6.07) is 6.52. The topological polar surface area (TPSA) is 111 Å². The van der Waals surface area contributed by atoms with Crippen molar-refractivity contribution in [2.24, 2.45) is 0 Å². The molecule has 1 N–H and O–H groups in total. The minimum Gasteiger partial charge on any atom is -0.467 e. The molecule has 9 heteroatoms. The van der Waals surface area contributed by atoms with E-state index in [4.69, 9.17) is 9.47 Å². The van der Waals surface area contributed by atoms with Crippen molar-refractivity contribution < 1.29 is 33.4 Å². The normalized spacial score (nSPS) is 13.4. The average Bonchev–Trinajstić information content (AvgIpc) is 2.64. The molecule has 1 rings (SSSR count). The Labute approximate surface area is 189 Å². The van der Waals surface area contributed by atoms with Gasteiger partial charge in [-0.05, 0) is 54.0 Å². The molecule has 32 heavy (non-hydrogen) atoms. The quantitative estimate of drug-likeness (QED) is 0.522. The number of hydrogen-bond acceptors (Lipinski definition) is 7. The van der Waals surface area contributed by atoms with Gasteiger partial charge in [0.05, 0.1) is 7.11 Å². The summed E-state index contributed by atoms with van der Waals surface area (Å²) >= 11 is 0. The van der Waals surface area contributed by atoms with Crippen LogP contribution in [0.4, 0.5) is 9.59 Å². The van der Waals surface area contributed by atoms with Crippen LogP contribution in [-0.2, 0) is 30.2 Å². The lowest BCUT2D eigenvalue weighted by molar-refractivity contribution is -0.145. The monoisotopic (exact) mass is 450 g/mol. The lowest BCUT2D eigenvalue weighted by atomic mass is 10.0. The van der Waals surface area contributed by atoms with Crippen molar-refractivity contribution >= 4 is 24.1 Å². The number of esters is 1. The Morgan fingerprint density at radius 1 is 0.906 bits per heavy atom. The fourth-order valence-corrected chi connectivity index (χ4v) is 2.64. The third kappa shape index (κ3) is 8.95. The first-order valence-corrected chi connectivity index (χ1v) is 10.3. The fraction of sp³-hybridized carbons (Fsp3) is 0.565. The van der Waals surface area contributed by atoms with Gasteiger partial charge in [0.25, 0.3) is 0 Å². The number of ether oxygens (including phenoxy) is 3. The van der Waals surface area contributed by atoms with E-state index in [0.29, 0.717) is 10.5 Å². The summed E-state index contributed by atoms with van der Waals surface area (Å²) in [5.74, 6) is -1.40. The zero-order chi connectivity index (χ0) is 24.7. The molecular formula is C23H34N2O7. The number of nitrogens with one attached hydrogen (secondary N) is 1. The van der Waals surface area contributed by atoms with Gasteiger partial charge in [0, 0.05) is 6.42 Å². The molecule has 9 nitrogen and oxygen atoms in total. The van der Waals surface area contributed by atoms with E-state index >= 15 is 0 Å². The Bertz CT molecular complexity index is 782. The van der Waals surface area contributed by atoms with E-state index in [1.54, 1.807) is 71.9 Å². The molecule has 1 aromatic carbocycles. The fourth-order valence-electron chi connectivity index (χ4n) is 2.64. The van der Waals surface area contributed by atoms with Gasteiger partial charge in [-0.25, -0.2) is 14.4 Å². The first-order chi connectivity index (χ1) is 14.6. The molecule has 0 aliphatic heterocycles. The van der Waals surface area contributed by atoms with Gasteiger partial charge in [0.15, 0.2) is 0 Å². The standard InChI is InChI=1S/C23H34N2O7/c1-15(19(27)30-8)24-18(26)17(14-16-12-10-9-11-13-16)25(20(28)31-22(2,3)4)21(29)32-23(5,6)7/h9-13,15,17H,14H2,1-8H3,(H,24,26)/t15-,17+/m0/s1. The summed E-state index contributed by atoms with van der Waals surface area (Å²) in [7, 11) is 1.19. The maximum atomic E-state index is 13.2. The molecule has 178 valence electrons. The molecule has 0 unspecified atom stereocenters. The number of rotatable bonds is 6. The predicted octanol–water partition coefficient (Wildman–Crippen LogP) is 3.45. The van der Waals surface area contributed by atoms with Crippen molar-refractivity contribution in [3.8, 4) is 0 Å². The third-order valence-electron chi connectivity index (χ3n) is 3.98. The van der Waals surface area contributed by atoms with Crippen molar-refractivity contribution in [3.63, 3.8) is 0 Å². The molecule has 2 atom stereocenters. The zero-order valence-corrected chi connectivity index (χ0v) is 20.1. The van der Waals surface area contributed by atoms with Gasteiger partial charge in [-0.2, -0.15) is 4.90 Å². The highest BCUT2D eigenvalue weighted by molar-refractivity contribution is 5.97. The van der Waals surface area contributed by atoms with E-state index in [9.17, 15) is 19.2 Å². The highest BCUT2D eigenvalue weighted by atomic mass is 16.6. The third-order valence-corrected chi connectivity index (χ3v) is 3.98. The highest BCUT2D eigenvalue weighted by Crippen LogP contribution is 2.19. The molecule has 0 radical (unpaired) electrons. The first-order valence-electron chi connectivity index (χ1n) is 10.3. The lowest BCUT2D eigenvalue weighted by Gasteiger charge is -2.33. The van der Waals surface area contributed by atoms with Gasteiger partial charge in [-0.15, -0.1) is 0 Å². The molecule has 1 aromatic rings. The Morgan fingerprint density at radius 3 is 1.78 bits per heavy atom. The van der Waals surface area contributed by atoms with E-state index in [1.807, 2.05) is 0 Å². The van der Waals surface area contributed by atoms with E-state index < -0.39 is 47.3 Å². The van der Waals surface area contributed by atoms with Gasteiger partial charge in [-0.1, -0.05) is 30.3 Å². The van der Waals surface area contributed by atoms with Gasteiger partial charge >= 0.3 is 18.2 Å². The minimum absolute atomic E-state index is 0.0148. The largest absolute Gasteiger partial charge is 0.467 e. The van der Waals surface area contributed by atoms with Gasteiger partial charge in [0.1, 0.15) is 23.3 Å². The second-order valence-corrected chi connectivity index (χ2v) is 9.29. The Hall–Kier alpha value is -3.10. The van der Waals surface area contributed by atoms with Crippen LogP contribution in [0.25, 0.3) is 0 Å². The molecule has 3 amide bonds. The number of imide groups is 1. The Morgan fingerprint density at radius 2 is 1.38 bits per heavy atom. The summed E-state index contributed by atoms with van der Waals surface area (Å²) in [4.78, 5) is 51.7. The number of methoxy groups -OCH3 is 1. The molecule has 0 saturated carbocycles. The lowest BCUT2D eigenvalue weighted by Crippen LogP contribution is -2.57. The summed E-state index contributed by atoms with van der Waals surface area (Å²) in [5.41, 5.74) is -1.16. The SMILES string of the molecule is COC(=O)[C@H](C)NC(=O)[C@@H](Cc1ccccc1)N(C(=O)OC(C)(C)C)C(=O)OC(C)(C)C. The molecule has 0 aromatic heterocycles. The van der Waals surface area contributed by atoms with Crippen LogP contribution < -0.4 is 5.32 Å². The van der Waals surface area contributed by atoms with Crippen molar-refractivity contribution in [2.75, 3.05) is 7.11 Å². The van der Waals surface area contributed by atoms with Crippen molar-refractivity contribution in [2.45, 2.75) is 78.2 Å². The van der Waals surface area contributed by atoms with E-state index in [1.165, 1.54) is 14.0 Å². The van der Waals surface area contributed by atoms with Crippen LogP contribution in [0.15, 0.2) is 30.3 Å². The van der Waals surface area contributed by atoms with E-state index in [0.717, 1.165) is 0 Å². The summed E-state index contributed by atoms with van der Waals surface area (Å²) in [6.45, 7) is 11.3. The van der Waals surface area contributed by atoms with Gasteiger partial charge in [-0.3, -0.25) is 4.79 Å². The summed E-state index contributed by atoms with van der Waals surface area (Å²) in [6.07, 6.45) is -2.08. The van der Waals surface area contributed by atoms with Crippen molar-refractivity contribution in [3.05, 3.63) is 35.9 Å². The molecule has 0 aliphatic carbocycles. The highest BCUT2D eigenvalue weighted by Gasteiger charge is 2.41. The number of benzene rings is 1. The van der Waals surface area contributed by atoms with E-state index in [2.05, 4.69) is 10.1 Å². The number of carbonyl (C=O) groups excluding carboxylic acids is 4. The van der Waals surface area contributed by atoms with Crippen LogP contribution in [0, 0.1) is 0 Å². The van der Waals surface area contributed by atoms with Crippen LogP contribution in [0.2, 0.25) is 0 Å². The minimum atomic E-state index is -1.34. The van der Waals surface area contributed by atoms with Crippen LogP contribution in [0.1, 0.15) is 54.0 Å². The van der Waals surface area contributed by atoms with Crippen molar-refractivity contribution in [1.82, 2.24) is 10.2 Å². The second kappa shape index (κ2) is 11.0. The molecule has 0 heterocycles. The number of carbonyl (C=O) groups is 4. The summed E-state index contributed by atoms with van der Waals surface area (Å²) in [5, 5.41) is 2.50. The van der Waals surface area contributed by atoms with Crippen LogP contribution in [0.3, 0.4) is 0 Å². The Kier molecular flexibility index (Phi) is 9.23. The molecule has 0 fully saturated rings. The van der Waals surface area contributed by atoms with Crippen LogP contribution in [0.5, 0.6) is 0 Å². The Balaban J connectivity index is 3.41.